The van der Waals surface area contributed by atoms with Crippen molar-refractivity contribution in [1.82, 2.24) is 5.32 Å². The van der Waals surface area contributed by atoms with Gasteiger partial charge in [0, 0.05) is 18.2 Å². The van der Waals surface area contributed by atoms with Crippen LogP contribution in [0.15, 0.2) is 24.3 Å². The molecule has 1 rings (SSSR count). The van der Waals surface area contributed by atoms with Crippen LogP contribution in [-0.4, -0.2) is 19.6 Å². The Kier molecular flexibility index (Phi) is 4.58. The van der Waals surface area contributed by atoms with E-state index in [2.05, 4.69) is 5.32 Å². The lowest BCUT2D eigenvalue weighted by molar-refractivity contribution is -0.116. The van der Waals surface area contributed by atoms with E-state index in [0.717, 1.165) is 16.9 Å². The van der Waals surface area contributed by atoms with Crippen LogP contribution in [-0.2, 0) is 4.79 Å². The molecule has 0 aliphatic carbocycles. The molecule has 0 saturated carbocycles. The largest absolute Gasteiger partial charge is 0.496 e. The molecule has 0 aromatic heterocycles. The zero-order valence-electron chi connectivity index (χ0n) is 9.91. The first-order chi connectivity index (χ1) is 7.67. The molecule has 0 aliphatic rings. The Morgan fingerprint density at radius 2 is 2.25 bits per heavy atom. The summed E-state index contributed by atoms with van der Waals surface area (Å²) < 4.78 is 5.24. The van der Waals surface area contributed by atoms with Gasteiger partial charge in [-0.15, -0.1) is 0 Å². The molecule has 16 heavy (non-hydrogen) atoms. The van der Waals surface area contributed by atoms with Gasteiger partial charge in [-0.05, 0) is 31.6 Å². The van der Waals surface area contributed by atoms with E-state index in [9.17, 15) is 4.79 Å². The number of hydrogen-bond acceptors (Lipinski definition) is 2. The van der Waals surface area contributed by atoms with Crippen molar-refractivity contribution in [1.29, 1.82) is 0 Å². The molecule has 1 N–H and O–H groups in total. The van der Waals surface area contributed by atoms with Crippen molar-refractivity contribution in [2.75, 3.05) is 13.7 Å². The van der Waals surface area contributed by atoms with Gasteiger partial charge in [-0.1, -0.05) is 12.1 Å². The van der Waals surface area contributed by atoms with E-state index < -0.39 is 0 Å². The minimum absolute atomic E-state index is 0.0925. The number of carbonyl (C=O) groups is 1. The highest BCUT2D eigenvalue weighted by molar-refractivity contribution is 5.92. The summed E-state index contributed by atoms with van der Waals surface area (Å²) in [5, 5.41) is 2.70. The molecule has 1 aromatic carbocycles. The first-order valence-electron chi connectivity index (χ1n) is 5.28. The Morgan fingerprint density at radius 3 is 2.88 bits per heavy atom. The standard InChI is InChI=1S/C13H17NO2/c1-4-14-13(15)8-7-11-6-5-10(2)9-12(11)16-3/h5-9H,4H2,1-3H3,(H,14,15)/b8-7+. The second-order valence-corrected chi connectivity index (χ2v) is 3.47. The average Bonchev–Trinajstić information content (AvgIpc) is 2.27. The topological polar surface area (TPSA) is 38.3 Å². The monoisotopic (exact) mass is 219 g/mol. The molecular formula is C13H17NO2. The summed E-state index contributed by atoms with van der Waals surface area (Å²) in [6, 6.07) is 5.86. The van der Waals surface area contributed by atoms with Gasteiger partial charge in [-0.25, -0.2) is 0 Å². The van der Waals surface area contributed by atoms with E-state index in [1.165, 1.54) is 6.08 Å². The lowest BCUT2D eigenvalue weighted by Crippen LogP contribution is -2.19. The molecule has 0 bridgehead atoms. The number of aryl methyl sites for hydroxylation is 1. The van der Waals surface area contributed by atoms with E-state index in [-0.39, 0.29) is 5.91 Å². The van der Waals surface area contributed by atoms with Crippen LogP contribution >= 0.6 is 0 Å². The molecule has 0 unspecified atom stereocenters. The van der Waals surface area contributed by atoms with Crippen LogP contribution in [0, 0.1) is 6.92 Å². The van der Waals surface area contributed by atoms with Crippen LogP contribution in [0.25, 0.3) is 6.08 Å². The highest BCUT2D eigenvalue weighted by Gasteiger charge is 2.00. The predicted molar refractivity (Wildman–Crippen MR) is 65.4 cm³/mol. The second-order valence-electron chi connectivity index (χ2n) is 3.47. The van der Waals surface area contributed by atoms with Gasteiger partial charge in [0.15, 0.2) is 0 Å². The zero-order valence-corrected chi connectivity index (χ0v) is 9.91. The quantitative estimate of drug-likeness (QED) is 0.788. The molecule has 0 saturated heterocycles. The van der Waals surface area contributed by atoms with E-state index in [1.807, 2.05) is 32.0 Å². The predicted octanol–water partition coefficient (Wildman–Crippen LogP) is 2.15. The van der Waals surface area contributed by atoms with Crippen LogP contribution in [0.4, 0.5) is 0 Å². The second kappa shape index (κ2) is 5.95. The lowest BCUT2D eigenvalue weighted by atomic mass is 10.1. The van der Waals surface area contributed by atoms with Crippen molar-refractivity contribution >= 4 is 12.0 Å². The third-order valence-corrected chi connectivity index (χ3v) is 2.15. The molecule has 0 heterocycles. The molecule has 1 amide bonds. The Bertz CT molecular complexity index is 397. The van der Waals surface area contributed by atoms with Crippen LogP contribution in [0.3, 0.4) is 0 Å². The van der Waals surface area contributed by atoms with Crippen molar-refractivity contribution < 1.29 is 9.53 Å². The third-order valence-electron chi connectivity index (χ3n) is 2.15. The maximum Gasteiger partial charge on any atom is 0.243 e. The van der Waals surface area contributed by atoms with Crippen LogP contribution in [0.2, 0.25) is 0 Å². The zero-order chi connectivity index (χ0) is 12.0. The van der Waals surface area contributed by atoms with Gasteiger partial charge in [0.25, 0.3) is 0 Å². The molecule has 86 valence electrons. The number of ether oxygens (including phenoxy) is 1. The summed E-state index contributed by atoms with van der Waals surface area (Å²) in [5.41, 5.74) is 2.03. The number of carbonyl (C=O) groups excluding carboxylic acids is 1. The Balaban J connectivity index is 2.84. The minimum Gasteiger partial charge on any atom is -0.496 e. The summed E-state index contributed by atoms with van der Waals surface area (Å²) in [6.45, 7) is 4.52. The van der Waals surface area contributed by atoms with Crippen molar-refractivity contribution in [2.24, 2.45) is 0 Å². The molecule has 0 fully saturated rings. The van der Waals surface area contributed by atoms with Gasteiger partial charge in [-0.2, -0.15) is 0 Å². The van der Waals surface area contributed by atoms with Crippen molar-refractivity contribution in [2.45, 2.75) is 13.8 Å². The first kappa shape index (κ1) is 12.3. The summed E-state index contributed by atoms with van der Waals surface area (Å²) in [7, 11) is 1.62. The summed E-state index contributed by atoms with van der Waals surface area (Å²) in [6.07, 6.45) is 3.26. The van der Waals surface area contributed by atoms with Gasteiger partial charge >= 0.3 is 0 Å². The van der Waals surface area contributed by atoms with E-state index in [1.54, 1.807) is 13.2 Å². The minimum atomic E-state index is -0.0925. The smallest absolute Gasteiger partial charge is 0.243 e. The average molecular weight is 219 g/mol. The molecule has 1 aromatic rings. The Hall–Kier alpha value is -1.77. The Labute approximate surface area is 96.1 Å². The van der Waals surface area contributed by atoms with Crippen molar-refractivity contribution in [3.8, 4) is 5.75 Å². The molecule has 3 nitrogen and oxygen atoms in total. The van der Waals surface area contributed by atoms with Gasteiger partial charge in [0.1, 0.15) is 5.75 Å². The van der Waals surface area contributed by atoms with Crippen molar-refractivity contribution in [3.63, 3.8) is 0 Å². The fourth-order valence-electron chi connectivity index (χ4n) is 1.35. The molecular weight excluding hydrogens is 202 g/mol. The maximum atomic E-state index is 11.2. The molecule has 0 radical (unpaired) electrons. The Morgan fingerprint density at radius 1 is 1.50 bits per heavy atom. The van der Waals surface area contributed by atoms with Gasteiger partial charge < -0.3 is 10.1 Å². The normalized spacial score (nSPS) is 10.4. The van der Waals surface area contributed by atoms with Gasteiger partial charge in [-0.3, -0.25) is 4.79 Å². The lowest BCUT2D eigenvalue weighted by Gasteiger charge is -2.05. The number of likely N-dealkylation sites (N-methyl/N-ethyl adjacent to an activating group) is 1. The van der Waals surface area contributed by atoms with E-state index >= 15 is 0 Å². The highest BCUT2D eigenvalue weighted by Crippen LogP contribution is 2.20. The summed E-state index contributed by atoms with van der Waals surface area (Å²) >= 11 is 0. The molecule has 3 heteroatoms. The summed E-state index contributed by atoms with van der Waals surface area (Å²) in [5.74, 6) is 0.686. The molecule has 0 atom stereocenters. The number of nitrogens with one attached hydrogen (secondary N) is 1. The van der Waals surface area contributed by atoms with Gasteiger partial charge in [0.05, 0.1) is 7.11 Å². The number of amides is 1. The summed E-state index contributed by atoms with van der Waals surface area (Å²) in [4.78, 5) is 11.2. The van der Waals surface area contributed by atoms with Crippen molar-refractivity contribution in [3.05, 3.63) is 35.4 Å². The third kappa shape index (κ3) is 3.42. The number of methoxy groups -OCH3 is 1. The van der Waals surface area contributed by atoms with Gasteiger partial charge in [0.2, 0.25) is 5.91 Å². The number of benzene rings is 1. The highest BCUT2D eigenvalue weighted by atomic mass is 16.5. The number of hydrogen-bond donors (Lipinski definition) is 1. The number of rotatable bonds is 4. The fourth-order valence-corrected chi connectivity index (χ4v) is 1.35. The van der Waals surface area contributed by atoms with Crippen LogP contribution in [0.1, 0.15) is 18.1 Å². The first-order valence-corrected chi connectivity index (χ1v) is 5.28. The van der Waals surface area contributed by atoms with Crippen LogP contribution < -0.4 is 10.1 Å². The molecule has 0 spiro atoms. The van der Waals surface area contributed by atoms with E-state index in [4.69, 9.17) is 4.74 Å². The maximum absolute atomic E-state index is 11.2. The fraction of sp³-hybridized carbons (Fsp3) is 0.308. The SMILES string of the molecule is CCNC(=O)/C=C/c1ccc(C)cc1OC. The molecule has 0 aliphatic heterocycles. The van der Waals surface area contributed by atoms with Crippen LogP contribution in [0.5, 0.6) is 5.75 Å². The van der Waals surface area contributed by atoms with E-state index in [0.29, 0.717) is 6.54 Å².